The lowest BCUT2D eigenvalue weighted by molar-refractivity contribution is 0.199. The minimum atomic E-state index is -3.55. The number of hydrogen-bond acceptors (Lipinski definition) is 4. The third-order valence-electron chi connectivity index (χ3n) is 3.24. The summed E-state index contributed by atoms with van der Waals surface area (Å²) in [5.41, 5.74) is 0.680. The lowest BCUT2D eigenvalue weighted by Crippen LogP contribution is -2.35. The topological polar surface area (TPSA) is 77.8 Å². The number of aliphatic hydroxyl groups is 2. The van der Waals surface area contributed by atoms with E-state index in [-0.39, 0.29) is 24.1 Å². The maximum absolute atomic E-state index is 12.4. The maximum atomic E-state index is 12.4. The summed E-state index contributed by atoms with van der Waals surface area (Å²) in [7, 11) is -3.55. The Morgan fingerprint density at radius 3 is 2.32 bits per heavy atom. The molecule has 0 amide bonds. The Labute approximate surface area is 113 Å². The monoisotopic (exact) mass is 285 g/mol. The number of sulfonamides is 1. The summed E-state index contributed by atoms with van der Waals surface area (Å²) in [5, 5.41) is 18.4. The molecule has 0 radical (unpaired) electrons. The SMILES string of the molecule is CC(O)c1ccc(S(=O)(=O)N(CCO)C2CC2)cc1. The molecule has 106 valence electrons. The standard InChI is InChI=1S/C13H19NO4S/c1-10(16)11-2-6-13(7-3-11)19(17,18)14(8-9-15)12-4-5-12/h2-3,6-7,10,12,15-16H,4-5,8-9H2,1H3. The molecule has 1 saturated carbocycles. The minimum Gasteiger partial charge on any atom is -0.395 e. The first-order valence-corrected chi connectivity index (χ1v) is 7.81. The normalized spacial score (nSPS) is 17.7. The predicted molar refractivity (Wildman–Crippen MR) is 71.1 cm³/mol. The molecule has 5 nitrogen and oxygen atoms in total. The minimum absolute atomic E-state index is 0.0218. The second-order valence-electron chi connectivity index (χ2n) is 4.82. The van der Waals surface area contributed by atoms with Gasteiger partial charge in [-0.2, -0.15) is 4.31 Å². The van der Waals surface area contributed by atoms with E-state index in [1.165, 1.54) is 16.4 Å². The van der Waals surface area contributed by atoms with Crippen molar-refractivity contribution in [1.82, 2.24) is 4.31 Å². The van der Waals surface area contributed by atoms with Crippen molar-refractivity contribution in [3.63, 3.8) is 0 Å². The van der Waals surface area contributed by atoms with Crippen LogP contribution in [0.2, 0.25) is 0 Å². The number of aliphatic hydroxyl groups excluding tert-OH is 2. The molecule has 1 aliphatic carbocycles. The summed E-state index contributed by atoms with van der Waals surface area (Å²) >= 11 is 0. The fourth-order valence-electron chi connectivity index (χ4n) is 2.01. The highest BCUT2D eigenvalue weighted by Gasteiger charge is 2.37. The van der Waals surface area contributed by atoms with Crippen molar-refractivity contribution in [3.8, 4) is 0 Å². The van der Waals surface area contributed by atoms with E-state index in [0.29, 0.717) is 5.56 Å². The molecule has 1 fully saturated rings. The average Bonchev–Trinajstić information content (AvgIpc) is 3.20. The quantitative estimate of drug-likeness (QED) is 0.813. The van der Waals surface area contributed by atoms with Gasteiger partial charge in [-0.1, -0.05) is 12.1 Å². The van der Waals surface area contributed by atoms with Gasteiger partial charge in [0.15, 0.2) is 0 Å². The van der Waals surface area contributed by atoms with Crippen molar-refractivity contribution in [2.45, 2.75) is 36.8 Å². The second-order valence-corrected chi connectivity index (χ2v) is 6.71. The van der Waals surface area contributed by atoms with Gasteiger partial charge in [-0.05, 0) is 37.5 Å². The van der Waals surface area contributed by atoms with Crippen LogP contribution in [0.1, 0.15) is 31.4 Å². The van der Waals surface area contributed by atoms with Crippen LogP contribution in [0.3, 0.4) is 0 Å². The summed E-state index contributed by atoms with van der Waals surface area (Å²) in [6, 6.07) is 6.26. The zero-order chi connectivity index (χ0) is 14.0. The lowest BCUT2D eigenvalue weighted by Gasteiger charge is -2.21. The summed E-state index contributed by atoms with van der Waals surface area (Å²) in [6.45, 7) is 1.58. The van der Waals surface area contributed by atoms with Gasteiger partial charge in [-0.15, -0.1) is 0 Å². The molecule has 2 N–H and O–H groups in total. The summed E-state index contributed by atoms with van der Waals surface area (Å²) in [5.74, 6) is 0. The summed E-state index contributed by atoms with van der Waals surface area (Å²) in [6.07, 6.45) is 1.09. The van der Waals surface area contributed by atoms with Gasteiger partial charge in [-0.3, -0.25) is 0 Å². The van der Waals surface area contributed by atoms with Gasteiger partial charge in [-0.25, -0.2) is 8.42 Å². The molecule has 0 bridgehead atoms. The fraction of sp³-hybridized carbons (Fsp3) is 0.538. The van der Waals surface area contributed by atoms with E-state index in [0.717, 1.165) is 12.8 Å². The van der Waals surface area contributed by atoms with E-state index in [9.17, 15) is 13.5 Å². The van der Waals surface area contributed by atoms with E-state index >= 15 is 0 Å². The number of nitrogens with zero attached hydrogens (tertiary/aromatic N) is 1. The van der Waals surface area contributed by atoms with E-state index in [1.807, 2.05) is 0 Å². The zero-order valence-corrected chi connectivity index (χ0v) is 11.7. The molecular formula is C13H19NO4S. The van der Waals surface area contributed by atoms with E-state index in [2.05, 4.69) is 0 Å². The highest BCUT2D eigenvalue weighted by molar-refractivity contribution is 7.89. The van der Waals surface area contributed by atoms with Gasteiger partial charge in [0.25, 0.3) is 0 Å². The average molecular weight is 285 g/mol. The van der Waals surface area contributed by atoms with Crippen LogP contribution < -0.4 is 0 Å². The van der Waals surface area contributed by atoms with Gasteiger partial charge in [0.2, 0.25) is 10.0 Å². The molecule has 1 aromatic rings. The van der Waals surface area contributed by atoms with Crippen LogP contribution in [-0.2, 0) is 10.0 Å². The Morgan fingerprint density at radius 1 is 1.32 bits per heavy atom. The smallest absolute Gasteiger partial charge is 0.243 e. The summed E-state index contributed by atoms with van der Waals surface area (Å²) in [4.78, 5) is 0.206. The molecule has 1 unspecified atom stereocenters. The van der Waals surface area contributed by atoms with Crippen molar-refractivity contribution < 1.29 is 18.6 Å². The largest absolute Gasteiger partial charge is 0.395 e. The Morgan fingerprint density at radius 2 is 1.89 bits per heavy atom. The highest BCUT2D eigenvalue weighted by Crippen LogP contribution is 2.31. The molecule has 0 spiro atoms. The van der Waals surface area contributed by atoms with Crippen molar-refractivity contribution in [1.29, 1.82) is 0 Å². The van der Waals surface area contributed by atoms with Gasteiger partial charge in [0.1, 0.15) is 0 Å². The van der Waals surface area contributed by atoms with Crippen LogP contribution in [0.25, 0.3) is 0 Å². The molecule has 1 atom stereocenters. The molecule has 19 heavy (non-hydrogen) atoms. The molecule has 2 rings (SSSR count). The first-order valence-electron chi connectivity index (χ1n) is 6.37. The van der Waals surface area contributed by atoms with Crippen LogP contribution in [0, 0.1) is 0 Å². The summed E-state index contributed by atoms with van der Waals surface area (Å²) < 4.78 is 26.2. The molecule has 1 aromatic carbocycles. The van der Waals surface area contributed by atoms with Crippen LogP contribution in [0.5, 0.6) is 0 Å². The van der Waals surface area contributed by atoms with Crippen LogP contribution in [0.4, 0.5) is 0 Å². The Kier molecular flexibility index (Phi) is 4.25. The Hall–Kier alpha value is -0.950. The van der Waals surface area contributed by atoms with Gasteiger partial charge >= 0.3 is 0 Å². The molecule has 0 aromatic heterocycles. The predicted octanol–water partition coefficient (Wildman–Crippen LogP) is 0.885. The van der Waals surface area contributed by atoms with Crippen molar-refractivity contribution in [2.75, 3.05) is 13.2 Å². The molecule has 0 saturated heterocycles. The van der Waals surface area contributed by atoms with Crippen LogP contribution >= 0.6 is 0 Å². The van der Waals surface area contributed by atoms with Crippen molar-refractivity contribution in [3.05, 3.63) is 29.8 Å². The van der Waals surface area contributed by atoms with Crippen LogP contribution in [-0.4, -0.2) is 42.1 Å². The number of rotatable bonds is 6. The lowest BCUT2D eigenvalue weighted by atomic mass is 10.1. The third kappa shape index (κ3) is 3.14. The van der Waals surface area contributed by atoms with E-state index < -0.39 is 16.1 Å². The third-order valence-corrected chi connectivity index (χ3v) is 5.21. The van der Waals surface area contributed by atoms with Gasteiger partial charge in [0, 0.05) is 12.6 Å². The molecule has 0 heterocycles. The van der Waals surface area contributed by atoms with Crippen molar-refractivity contribution >= 4 is 10.0 Å². The zero-order valence-electron chi connectivity index (χ0n) is 10.9. The van der Waals surface area contributed by atoms with Crippen LogP contribution in [0.15, 0.2) is 29.2 Å². The first kappa shape index (κ1) is 14.5. The molecular weight excluding hydrogens is 266 g/mol. The van der Waals surface area contributed by atoms with Gasteiger partial charge in [0.05, 0.1) is 17.6 Å². The van der Waals surface area contributed by atoms with Gasteiger partial charge < -0.3 is 10.2 Å². The number of benzene rings is 1. The fourth-order valence-corrected chi connectivity index (χ4v) is 3.69. The Bertz CT molecular complexity index is 520. The molecule has 6 heteroatoms. The molecule has 1 aliphatic rings. The first-order chi connectivity index (χ1) is 8.96. The highest BCUT2D eigenvalue weighted by atomic mass is 32.2. The van der Waals surface area contributed by atoms with Crippen molar-refractivity contribution in [2.24, 2.45) is 0 Å². The van der Waals surface area contributed by atoms with E-state index in [4.69, 9.17) is 5.11 Å². The Balaban J connectivity index is 2.27. The number of hydrogen-bond donors (Lipinski definition) is 2. The second kappa shape index (κ2) is 5.58. The molecule has 0 aliphatic heterocycles. The van der Waals surface area contributed by atoms with E-state index in [1.54, 1.807) is 19.1 Å². The maximum Gasteiger partial charge on any atom is 0.243 e.